The summed E-state index contributed by atoms with van der Waals surface area (Å²) in [5, 5.41) is 7.49. The quantitative estimate of drug-likeness (QED) is 0.848. The van der Waals surface area contributed by atoms with Crippen LogP contribution in [0.5, 0.6) is 0 Å². The molecule has 1 heterocycles. The molecule has 0 fully saturated rings. The van der Waals surface area contributed by atoms with Gasteiger partial charge in [0.15, 0.2) is 5.13 Å². The maximum absolute atomic E-state index is 12.0. The maximum atomic E-state index is 12.0. The summed E-state index contributed by atoms with van der Waals surface area (Å²) in [4.78, 5) is 27.5. The summed E-state index contributed by atoms with van der Waals surface area (Å²) in [6.07, 6.45) is 0.564. The summed E-state index contributed by atoms with van der Waals surface area (Å²) >= 11 is 1.25. The van der Waals surface area contributed by atoms with Crippen LogP contribution in [-0.2, 0) is 22.4 Å². The Hall–Kier alpha value is -2.41. The van der Waals surface area contributed by atoms with Crippen molar-refractivity contribution < 1.29 is 14.3 Å². The molecule has 2 rings (SSSR count). The molecule has 0 aliphatic carbocycles. The summed E-state index contributed by atoms with van der Waals surface area (Å²) in [6, 6.07) is 7.73. The Bertz CT molecular complexity index is 667. The number of aromatic nitrogens is 1. The number of carbonyl (C=O) groups excluding carboxylic acids is 2. The lowest BCUT2D eigenvalue weighted by Gasteiger charge is -2.05. The van der Waals surface area contributed by atoms with Crippen LogP contribution < -0.4 is 10.6 Å². The molecule has 2 aromatic rings. The van der Waals surface area contributed by atoms with Gasteiger partial charge >= 0.3 is 6.09 Å². The van der Waals surface area contributed by atoms with Crippen molar-refractivity contribution in [2.75, 3.05) is 17.2 Å². The maximum Gasteiger partial charge on any atom is 0.413 e. The first-order valence-electron chi connectivity index (χ1n) is 7.37. The molecule has 0 aliphatic heterocycles. The zero-order chi connectivity index (χ0) is 16.7. The molecule has 1 aromatic heterocycles. The van der Waals surface area contributed by atoms with Gasteiger partial charge in [-0.1, -0.05) is 19.1 Å². The predicted octanol–water partition coefficient (Wildman–Crippen LogP) is 3.46. The van der Waals surface area contributed by atoms with Crippen molar-refractivity contribution in [2.45, 2.75) is 26.7 Å². The second-order valence-electron chi connectivity index (χ2n) is 4.76. The third-order valence-corrected chi connectivity index (χ3v) is 3.83. The fourth-order valence-corrected chi connectivity index (χ4v) is 2.59. The summed E-state index contributed by atoms with van der Waals surface area (Å²) < 4.78 is 4.77. The van der Waals surface area contributed by atoms with E-state index >= 15 is 0 Å². The van der Waals surface area contributed by atoms with E-state index in [1.165, 1.54) is 16.9 Å². The number of hydrogen-bond donors (Lipinski definition) is 2. The van der Waals surface area contributed by atoms with Gasteiger partial charge in [-0.25, -0.2) is 9.78 Å². The molecule has 0 spiro atoms. The van der Waals surface area contributed by atoms with Crippen LogP contribution in [0.4, 0.5) is 15.6 Å². The van der Waals surface area contributed by atoms with Crippen LogP contribution in [0.25, 0.3) is 0 Å². The second-order valence-corrected chi connectivity index (χ2v) is 5.62. The Morgan fingerprint density at radius 3 is 2.57 bits per heavy atom. The zero-order valence-electron chi connectivity index (χ0n) is 13.1. The van der Waals surface area contributed by atoms with Gasteiger partial charge in [-0.2, -0.15) is 0 Å². The standard InChI is InChI=1S/C16H19N3O3S/c1-3-11-5-7-12(8-6-11)17-14(20)9-13-10-23-15(18-13)19-16(21)22-4-2/h5-8,10H,3-4,9H2,1-2H3,(H,17,20)(H,18,19,21). The highest BCUT2D eigenvalue weighted by molar-refractivity contribution is 7.13. The van der Waals surface area contributed by atoms with Gasteiger partial charge in [0.2, 0.25) is 5.91 Å². The highest BCUT2D eigenvalue weighted by Gasteiger charge is 2.10. The Labute approximate surface area is 138 Å². The van der Waals surface area contributed by atoms with Crippen LogP contribution in [-0.4, -0.2) is 23.6 Å². The van der Waals surface area contributed by atoms with E-state index in [4.69, 9.17) is 4.74 Å². The lowest BCUT2D eigenvalue weighted by molar-refractivity contribution is -0.115. The average molecular weight is 333 g/mol. The molecular formula is C16H19N3O3S. The van der Waals surface area contributed by atoms with E-state index in [-0.39, 0.29) is 12.3 Å². The fraction of sp³-hybridized carbons (Fsp3) is 0.312. The van der Waals surface area contributed by atoms with Crippen molar-refractivity contribution in [1.29, 1.82) is 0 Å². The van der Waals surface area contributed by atoms with Crippen molar-refractivity contribution in [3.05, 3.63) is 40.9 Å². The van der Waals surface area contributed by atoms with E-state index in [1.54, 1.807) is 12.3 Å². The SMILES string of the molecule is CCOC(=O)Nc1nc(CC(=O)Nc2ccc(CC)cc2)cs1. The molecule has 2 amide bonds. The molecule has 7 heteroatoms. The fourth-order valence-electron chi connectivity index (χ4n) is 1.89. The number of ether oxygens (including phenoxy) is 1. The van der Waals surface area contributed by atoms with E-state index in [0.29, 0.717) is 17.4 Å². The number of nitrogens with zero attached hydrogens (tertiary/aromatic N) is 1. The topological polar surface area (TPSA) is 80.3 Å². The van der Waals surface area contributed by atoms with Crippen LogP contribution in [0.15, 0.2) is 29.6 Å². The van der Waals surface area contributed by atoms with Gasteiger partial charge in [0.05, 0.1) is 18.7 Å². The van der Waals surface area contributed by atoms with E-state index in [9.17, 15) is 9.59 Å². The van der Waals surface area contributed by atoms with Crippen LogP contribution >= 0.6 is 11.3 Å². The molecule has 23 heavy (non-hydrogen) atoms. The van der Waals surface area contributed by atoms with E-state index < -0.39 is 6.09 Å². The van der Waals surface area contributed by atoms with Crippen LogP contribution in [0.3, 0.4) is 0 Å². The third kappa shape index (κ3) is 5.37. The summed E-state index contributed by atoms with van der Waals surface area (Å²) in [5.74, 6) is -0.151. The Kier molecular flexibility index (Phi) is 6.10. The lowest BCUT2D eigenvalue weighted by atomic mass is 10.1. The molecule has 2 N–H and O–H groups in total. The number of nitrogens with one attached hydrogen (secondary N) is 2. The third-order valence-electron chi connectivity index (χ3n) is 3.02. The molecule has 6 nitrogen and oxygen atoms in total. The van der Waals surface area contributed by atoms with E-state index in [0.717, 1.165) is 12.1 Å². The molecule has 0 atom stereocenters. The van der Waals surface area contributed by atoms with Gasteiger partial charge in [0.25, 0.3) is 0 Å². The van der Waals surface area contributed by atoms with Crippen molar-refractivity contribution in [1.82, 2.24) is 4.98 Å². The van der Waals surface area contributed by atoms with Crippen LogP contribution in [0.1, 0.15) is 25.1 Å². The van der Waals surface area contributed by atoms with Gasteiger partial charge in [-0.3, -0.25) is 10.1 Å². The summed E-state index contributed by atoms with van der Waals surface area (Å²) in [7, 11) is 0. The van der Waals surface area contributed by atoms with Crippen molar-refractivity contribution in [3.8, 4) is 0 Å². The first-order valence-corrected chi connectivity index (χ1v) is 8.25. The number of anilines is 2. The molecule has 0 saturated heterocycles. The van der Waals surface area contributed by atoms with Gasteiger partial charge < -0.3 is 10.1 Å². The molecule has 0 bridgehead atoms. The predicted molar refractivity (Wildman–Crippen MR) is 90.9 cm³/mol. The van der Waals surface area contributed by atoms with Gasteiger partial charge in [-0.05, 0) is 31.0 Å². The molecule has 0 saturated carbocycles. The smallest absolute Gasteiger partial charge is 0.413 e. The average Bonchev–Trinajstić information content (AvgIpc) is 2.95. The molecule has 1 aromatic carbocycles. The Balaban J connectivity index is 1.87. The first kappa shape index (κ1) is 17.0. The zero-order valence-corrected chi connectivity index (χ0v) is 13.9. The minimum atomic E-state index is -0.547. The molecule has 122 valence electrons. The number of hydrogen-bond acceptors (Lipinski definition) is 5. The van der Waals surface area contributed by atoms with E-state index in [1.807, 2.05) is 24.3 Å². The highest BCUT2D eigenvalue weighted by Crippen LogP contribution is 2.17. The Morgan fingerprint density at radius 1 is 1.17 bits per heavy atom. The molecule has 0 unspecified atom stereocenters. The number of rotatable bonds is 6. The highest BCUT2D eigenvalue weighted by atomic mass is 32.1. The summed E-state index contributed by atoms with van der Waals surface area (Å²) in [5.41, 5.74) is 2.58. The number of amides is 2. The minimum absolute atomic E-state index is 0.149. The van der Waals surface area contributed by atoms with Crippen molar-refractivity contribution >= 4 is 34.2 Å². The van der Waals surface area contributed by atoms with Gasteiger partial charge in [0, 0.05) is 11.1 Å². The largest absolute Gasteiger partial charge is 0.450 e. The van der Waals surface area contributed by atoms with Crippen molar-refractivity contribution in [3.63, 3.8) is 0 Å². The van der Waals surface area contributed by atoms with E-state index in [2.05, 4.69) is 22.5 Å². The number of carbonyl (C=O) groups is 2. The van der Waals surface area contributed by atoms with Crippen LogP contribution in [0.2, 0.25) is 0 Å². The van der Waals surface area contributed by atoms with Gasteiger partial charge in [0.1, 0.15) is 0 Å². The second kappa shape index (κ2) is 8.28. The molecular weight excluding hydrogens is 314 g/mol. The molecule has 0 radical (unpaired) electrons. The normalized spacial score (nSPS) is 10.2. The lowest BCUT2D eigenvalue weighted by Crippen LogP contribution is -2.15. The monoisotopic (exact) mass is 333 g/mol. The minimum Gasteiger partial charge on any atom is -0.450 e. The number of thiazole rings is 1. The number of benzene rings is 1. The van der Waals surface area contributed by atoms with Crippen LogP contribution in [0, 0.1) is 0 Å². The summed E-state index contributed by atoms with van der Waals surface area (Å²) in [6.45, 7) is 4.10. The van der Waals surface area contributed by atoms with Gasteiger partial charge in [-0.15, -0.1) is 11.3 Å². The number of aryl methyl sites for hydroxylation is 1. The van der Waals surface area contributed by atoms with Crippen molar-refractivity contribution in [2.24, 2.45) is 0 Å². The first-order chi connectivity index (χ1) is 11.1. The Morgan fingerprint density at radius 2 is 1.91 bits per heavy atom. The molecule has 0 aliphatic rings.